The smallest absolute Gasteiger partial charge is 0.257 e. The molecule has 0 saturated heterocycles. The van der Waals surface area contributed by atoms with E-state index in [2.05, 4.69) is 10.3 Å². The minimum atomic E-state index is -0.123. The number of hydrogen-bond acceptors (Lipinski definition) is 6. The highest BCUT2D eigenvalue weighted by atomic mass is 32.2. The van der Waals surface area contributed by atoms with Gasteiger partial charge in [-0.2, -0.15) is 0 Å². The summed E-state index contributed by atoms with van der Waals surface area (Å²) in [5, 5.41) is 3.73. The van der Waals surface area contributed by atoms with E-state index in [0.29, 0.717) is 36.6 Å². The molecule has 0 radical (unpaired) electrons. The first-order valence-corrected chi connectivity index (χ1v) is 10.8. The quantitative estimate of drug-likeness (QED) is 0.698. The van der Waals surface area contributed by atoms with Crippen LogP contribution in [0.15, 0.2) is 28.2 Å². The molecule has 154 valence electrons. The van der Waals surface area contributed by atoms with Crippen LogP contribution in [0.5, 0.6) is 11.5 Å². The van der Waals surface area contributed by atoms with E-state index in [9.17, 15) is 9.59 Å². The Bertz CT molecular complexity index is 989. The van der Waals surface area contributed by atoms with Gasteiger partial charge in [0.1, 0.15) is 0 Å². The van der Waals surface area contributed by atoms with Crippen LogP contribution < -0.4 is 20.3 Å². The summed E-state index contributed by atoms with van der Waals surface area (Å²) in [6.07, 6.45) is 3.67. The fraction of sp³-hybridized carbons (Fsp3) is 0.476. The molecule has 0 saturated carbocycles. The fourth-order valence-electron chi connectivity index (χ4n) is 3.97. The number of carbonyl (C=O) groups is 1. The zero-order chi connectivity index (χ0) is 20.4. The third-order valence-corrected chi connectivity index (χ3v) is 6.57. The molecule has 1 amide bonds. The Kier molecular flexibility index (Phi) is 5.80. The zero-order valence-electron chi connectivity index (χ0n) is 16.7. The topological polar surface area (TPSA) is 82.5 Å². The summed E-state index contributed by atoms with van der Waals surface area (Å²) >= 11 is 1.57. The van der Waals surface area contributed by atoms with E-state index in [4.69, 9.17) is 9.47 Å². The number of hydrogen-bond donors (Lipinski definition) is 1. The molecule has 7 nitrogen and oxygen atoms in total. The Balaban J connectivity index is 1.35. The predicted molar refractivity (Wildman–Crippen MR) is 111 cm³/mol. The molecule has 4 rings (SSSR count). The lowest BCUT2D eigenvalue weighted by Crippen LogP contribution is -2.32. The molecule has 1 aromatic heterocycles. The zero-order valence-corrected chi connectivity index (χ0v) is 17.5. The van der Waals surface area contributed by atoms with Crippen LogP contribution in [0.3, 0.4) is 0 Å². The van der Waals surface area contributed by atoms with Crippen LogP contribution in [0.2, 0.25) is 0 Å². The van der Waals surface area contributed by atoms with Crippen LogP contribution >= 0.6 is 11.8 Å². The standard InChI is InChI=1S/C21H25N3O4S/c1-27-17-7-6-13(10-18(17)28-2)8-9-22-19(25)11-14-12-29-21-23-16-5-3-4-15(16)20(26)24(14)21/h6-7,10,14H,3-5,8-9,11-12H2,1-2H3,(H,22,25). The lowest BCUT2D eigenvalue weighted by molar-refractivity contribution is -0.121. The fourth-order valence-corrected chi connectivity index (χ4v) is 5.13. The van der Waals surface area contributed by atoms with E-state index in [1.807, 2.05) is 18.2 Å². The number of aryl methyl sites for hydroxylation is 1. The highest BCUT2D eigenvalue weighted by molar-refractivity contribution is 7.99. The molecule has 1 aromatic carbocycles. The van der Waals surface area contributed by atoms with Crippen LogP contribution in [0.4, 0.5) is 0 Å². The first kappa shape index (κ1) is 19.8. The third-order valence-electron chi connectivity index (χ3n) is 5.48. The Morgan fingerprint density at radius 3 is 2.90 bits per heavy atom. The van der Waals surface area contributed by atoms with Gasteiger partial charge in [-0.15, -0.1) is 0 Å². The molecule has 2 heterocycles. The molecule has 1 aliphatic carbocycles. The summed E-state index contributed by atoms with van der Waals surface area (Å²) < 4.78 is 12.3. The van der Waals surface area contributed by atoms with Crippen molar-refractivity contribution in [3.63, 3.8) is 0 Å². The van der Waals surface area contributed by atoms with Gasteiger partial charge < -0.3 is 14.8 Å². The molecule has 1 atom stereocenters. The Labute approximate surface area is 173 Å². The van der Waals surface area contributed by atoms with E-state index in [1.165, 1.54) is 0 Å². The molecule has 0 fully saturated rings. The lowest BCUT2D eigenvalue weighted by atomic mass is 10.1. The number of benzene rings is 1. The predicted octanol–water partition coefficient (Wildman–Crippen LogP) is 2.14. The number of nitrogens with zero attached hydrogens (tertiary/aromatic N) is 2. The van der Waals surface area contributed by atoms with Gasteiger partial charge in [0.25, 0.3) is 5.56 Å². The Morgan fingerprint density at radius 1 is 1.28 bits per heavy atom. The number of ether oxygens (including phenoxy) is 2. The summed E-state index contributed by atoms with van der Waals surface area (Å²) in [4.78, 5) is 29.9. The van der Waals surface area contributed by atoms with Crippen molar-refractivity contribution in [2.24, 2.45) is 0 Å². The number of amides is 1. The summed E-state index contributed by atoms with van der Waals surface area (Å²) in [5.74, 6) is 2.03. The van der Waals surface area contributed by atoms with Gasteiger partial charge in [-0.3, -0.25) is 14.2 Å². The molecule has 29 heavy (non-hydrogen) atoms. The van der Waals surface area contributed by atoms with Gasteiger partial charge >= 0.3 is 0 Å². The van der Waals surface area contributed by atoms with Crippen molar-refractivity contribution >= 4 is 17.7 Å². The lowest BCUT2D eigenvalue weighted by Gasteiger charge is -2.14. The van der Waals surface area contributed by atoms with E-state index >= 15 is 0 Å². The van der Waals surface area contributed by atoms with E-state index in [-0.39, 0.29) is 17.5 Å². The van der Waals surface area contributed by atoms with Gasteiger partial charge in [0.15, 0.2) is 16.7 Å². The maximum atomic E-state index is 12.8. The second kappa shape index (κ2) is 8.49. The van der Waals surface area contributed by atoms with Crippen molar-refractivity contribution in [3.8, 4) is 11.5 Å². The normalized spacial score (nSPS) is 17.0. The van der Waals surface area contributed by atoms with Crippen molar-refractivity contribution in [2.45, 2.75) is 43.3 Å². The molecule has 1 N–H and O–H groups in total. The molecular formula is C21H25N3O4S. The Hall–Kier alpha value is -2.48. The number of fused-ring (bicyclic) bond motifs is 2. The number of rotatable bonds is 7. The summed E-state index contributed by atoms with van der Waals surface area (Å²) in [5.41, 5.74) is 2.90. The number of aromatic nitrogens is 2. The van der Waals surface area contributed by atoms with Crippen molar-refractivity contribution in [3.05, 3.63) is 45.4 Å². The van der Waals surface area contributed by atoms with E-state index in [1.54, 1.807) is 30.5 Å². The van der Waals surface area contributed by atoms with E-state index < -0.39 is 0 Å². The third kappa shape index (κ3) is 3.99. The minimum Gasteiger partial charge on any atom is -0.493 e. The number of thioether (sulfide) groups is 1. The SMILES string of the molecule is COc1ccc(CCNC(=O)CC2CSc3nc4c(c(=O)n32)CCC4)cc1OC. The van der Waals surface area contributed by atoms with Crippen molar-refractivity contribution < 1.29 is 14.3 Å². The maximum absolute atomic E-state index is 12.8. The van der Waals surface area contributed by atoms with Gasteiger partial charge in [0, 0.05) is 24.3 Å². The second-order valence-corrected chi connectivity index (χ2v) is 8.29. The molecule has 8 heteroatoms. The van der Waals surface area contributed by atoms with E-state index in [0.717, 1.165) is 41.2 Å². The van der Waals surface area contributed by atoms with Crippen molar-refractivity contribution in [1.29, 1.82) is 0 Å². The number of nitrogens with one attached hydrogen (secondary N) is 1. The van der Waals surface area contributed by atoms with Gasteiger partial charge in [-0.05, 0) is 43.4 Å². The van der Waals surface area contributed by atoms with Crippen LogP contribution in [0.1, 0.15) is 35.7 Å². The molecule has 0 bridgehead atoms. The first-order valence-electron chi connectivity index (χ1n) is 9.85. The summed E-state index contributed by atoms with van der Waals surface area (Å²) in [6.45, 7) is 0.526. The molecule has 1 unspecified atom stereocenters. The van der Waals surface area contributed by atoms with Crippen LogP contribution in [-0.2, 0) is 24.1 Å². The minimum absolute atomic E-state index is 0.0451. The van der Waals surface area contributed by atoms with Crippen LogP contribution in [-0.4, -0.2) is 42.0 Å². The van der Waals surface area contributed by atoms with Crippen molar-refractivity contribution in [2.75, 3.05) is 26.5 Å². The Morgan fingerprint density at radius 2 is 2.10 bits per heavy atom. The van der Waals surface area contributed by atoms with Gasteiger partial charge in [0.05, 0.1) is 26.0 Å². The highest BCUT2D eigenvalue weighted by Crippen LogP contribution is 2.34. The molecule has 2 aromatic rings. The molecule has 1 aliphatic heterocycles. The van der Waals surface area contributed by atoms with Crippen molar-refractivity contribution in [1.82, 2.24) is 14.9 Å². The van der Waals surface area contributed by atoms with Crippen LogP contribution in [0.25, 0.3) is 0 Å². The molecular weight excluding hydrogens is 390 g/mol. The molecule has 2 aliphatic rings. The summed E-state index contributed by atoms with van der Waals surface area (Å²) in [6, 6.07) is 5.62. The van der Waals surface area contributed by atoms with Crippen LogP contribution in [0, 0.1) is 0 Å². The number of carbonyl (C=O) groups excluding carboxylic acids is 1. The largest absolute Gasteiger partial charge is 0.493 e. The monoisotopic (exact) mass is 415 g/mol. The highest BCUT2D eigenvalue weighted by Gasteiger charge is 2.30. The maximum Gasteiger partial charge on any atom is 0.257 e. The summed E-state index contributed by atoms with van der Waals surface area (Å²) in [7, 11) is 3.21. The number of methoxy groups -OCH3 is 2. The first-order chi connectivity index (χ1) is 14.1. The second-order valence-electron chi connectivity index (χ2n) is 7.31. The van der Waals surface area contributed by atoms with Gasteiger partial charge in [0.2, 0.25) is 5.91 Å². The average molecular weight is 416 g/mol. The molecule has 0 spiro atoms. The van der Waals surface area contributed by atoms with Gasteiger partial charge in [-0.1, -0.05) is 17.8 Å². The van der Waals surface area contributed by atoms with Gasteiger partial charge in [-0.25, -0.2) is 4.98 Å². The average Bonchev–Trinajstić information content (AvgIpc) is 3.35.